The molecule has 1 aromatic carbocycles. The van der Waals surface area contributed by atoms with Gasteiger partial charge in [-0.25, -0.2) is 28.2 Å². The number of carboxylic acid groups (broad SMARTS) is 1. The lowest BCUT2D eigenvalue weighted by Gasteiger charge is -2.34. The number of carbonyl (C=O) groups is 1. The van der Waals surface area contributed by atoms with Crippen molar-refractivity contribution in [3.05, 3.63) is 59.9 Å². The molecule has 1 fully saturated rings. The van der Waals surface area contributed by atoms with Crippen LogP contribution in [0, 0.1) is 11.6 Å². The summed E-state index contributed by atoms with van der Waals surface area (Å²) in [5, 5.41) is 13.4. The zero-order valence-electron chi connectivity index (χ0n) is 18.9. The third-order valence-electron chi connectivity index (χ3n) is 6.28. The van der Waals surface area contributed by atoms with Crippen molar-refractivity contribution in [3.63, 3.8) is 0 Å². The summed E-state index contributed by atoms with van der Waals surface area (Å²) in [5.74, 6) is 0.474. The number of benzene rings is 1. The summed E-state index contributed by atoms with van der Waals surface area (Å²) < 4.78 is 35.2. The van der Waals surface area contributed by atoms with Crippen LogP contribution in [0.5, 0.6) is 5.75 Å². The Morgan fingerprint density at radius 3 is 2.69 bits per heavy atom. The Kier molecular flexibility index (Phi) is 5.52. The number of nitrogens with zero attached hydrogens (tertiary/aromatic N) is 6. The molecular weight excluding hydrogens is 490 g/mol. The smallest absolute Gasteiger partial charge is 0.407 e. The van der Waals surface area contributed by atoms with E-state index < -0.39 is 17.7 Å². The van der Waals surface area contributed by atoms with E-state index in [2.05, 4.69) is 15.0 Å². The minimum atomic E-state index is -0.915. The summed E-state index contributed by atoms with van der Waals surface area (Å²) in [6.07, 6.45) is 1.09. The first-order chi connectivity index (χ1) is 17.5. The van der Waals surface area contributed by atoms with Gasteiger partial charge in [0.2, 0.25) is 0 Å². The van der Waals surface area contributed by atoms with E-state index in [4.69, 9.17) is 9.72 Å². The summed E-state index contributed by atoms with van der Waals surface area (Å²) in [7, 11) is 0. The Bertz CT molecular complexity index is 1460. The Hall–Kier alpha value is -4.06. The van der Waals surface area contributed by atoms with Crippen LogP contribution in [0.2, 0.25) is 0 Å². The van der Waals surface area contributed by atoms with Gasteiger partial charge < -0.3 is 19.6 Å². The molecule has 0 saturated carbocycles. The quantitative estimate of drug-likeness (QED) is 0.444. The molecule has 1 saturated heterocycles. The minimum absolute atomic E-state index is 0.108. The fourth-order valence-electron chi connectivity index (χ4n) is 4.45. The third kappa shape index (κ3) is 3.92. The Labute approximate surface area is 208 Å². The molecule has 0 radical (unpaired) electrons. The van der Waals surface area contributed by atoms with Gasteiger partial charge in [-0.15, -0.1) is 11.3 Å². The number of halogens is 2. The highest BCUT2D eigenvalue weighted by atomic mass is 32.1. The van der Waals surface area contributed by atoms with Crippen LogP contribution in [-0.4, -0.2) is 68.6 Å². The lowest BCUT2D eigenvalue weighted by Crippen LogP contribution is -2.48. The van der Waals surface area contributed by atoms with Crippen molar-refractivity contribution in [2.45, 2.75) is 6.42 Å². The highest BCUT2D eigenvalue weighted by molar-refractivity contribution is 7.19. The number of amides is 1. The SMILES string of the molecule is O=C(O)N1CCN(c2ccc3c(n2)-c2sc(-c4ncnn4-c4ccc(F)cc4F)cc2CCO3)CC1. The van der Waals surface area contributed by atoms with Crippen molar-refractivity contribution in [2.75, 3.05) is 37.7 Å². The normalized spacial score (nSPS) is 15.2. The van der Waals surface area contributed by atoms with Crippen molar-refractivity contribution in [1.82, 2.24) is 24.6 Å². The predicted octanol–water partition coefficient (Wildman–Crippen LogP) is 4.07. The largest absolute Gasteiger partial charge is 0.491 e. The van der Waals surface area contributed by atoms with Crippen molar-refractivity contribution in [3.8, 4) is 32.7 Å². The highest BCUT2D eigenvalue weighted by Gasteiger charge is 2.26. The maximum atomic E-state index is 14.5. The van der Waals surface area contributed by atoms with Gasteiger partial charge in [0, 0.05) is 38.7 Å². The number of pyridine rings is 1. The fourth-order valence-corrected chi connectivity index (χ4v) is 5.64. The molecule has 5 heterocycles. The number of thiophene rings is 1. The van der Waals surface area contributed by atoms with Crippen LogP contribution in [0.4, 0.5) is 19.4 Å². The number of aromatic nitrogens is 4. The molecule has 0 spiro atoms. The van der Waals surface area contributed by atoms with Gasteiger partial charge in [-0.2, -0.15) is 5.10 Å². The van der Waals surface area contributed by atoms with E-state index in [0.717, 1.165) is 27.2 Å². The summed E-state index contributed by atoms with van der Waals surface area (Å²) in [5.41, 5.74) is 1.84. The van der Waals surface area contributed by atoms with E-state index in [1.54, 1.807) is 0 Å². The molecule has 3 aromatic heterocycles. The number of fused-ring (bicyclic) bond motifs is 3. The van der Waals surface area contributed by atoms with E-state index >= 15 is 0 Å². The zero-order valence-corrected chi connectivity index (χ0v) is 19.7. The second kappa shape index (κ2) is 8.86. The fraction of sp³-hybridized carbons (Fsp3) is 0.250. The molecule has 4 aromatic rings. The molecule has 184 valence electrons. The average Bonchev–Trinajstić information content (AvgIpc) is 3.48. The monoisotopic (exact) mass is 510 g/mol. The van der Waals surface area contributed by atoms with Crippen molar-refractivity contribution in [1.29, 1.82) is 0 Å². The van der Waals surface area contributed by atoms with E-state index in [-0.39, 0.29) is 5.69 Å². The maximum absolute atomic E-state index is 14.5. The summed E-state index contributed by atoms with van der Waals surface area (Å²) >= 11 is 1.46. The van der Waals surface area contributed by atoms with E-state index in [1.807, 2.05) is 18.2 Å². The molecule has 2 aliphatic rings. The first-order valence-corrected chi connectivity index (χ1v) is 12.1. The van der Waals surface area contributed by atoms with Crippen LogP contribution in [0.15, 0.2) is 42.7 Å². The highest BCUT2D eigenvalue weighted by Crippen LogP contribution is 2.43. The maximum Gasteiger partial charge on any atom is 0.407 e. The molecule has 0 atom stereocenters. The number of hydrogen-bond acceptors (Lipinski definition) is 7. The lowest BCUT2D eigenvalue weighted by molar-refractivity contribution is 0.142. The van der Waals surface area contributed by atoms with Gasteiger partial charge in [0.15, 0.2) is 11.6 Å². The summed E-state index contributed by atoms with van der Waals surface area (Å²) in [6.45, 7) is 2.40. The molecule has 12 heteroatoms. The van der Waals surface area contributed by atoms with E-state index in [0.29, 0.717) is 56.5 Å². The molecular formula is C24H20F2N6O3S. The van der Waals surface area contributed by atoms with Crippen LogP contribution in [0.1, 0.15) is 5.56 Å². The van der Waals surface area contributed by atoms with E-state index in [9.17, 15) is 18.7 Å². The molecule has 0 unspecified atom stereocenters. The van der Waals surface area contributed by atoms with Gasteiger partial charge in [0.1, 0.15) is 35.1 Å². The Morgan fingerprint density at radius 2 is 1.92 bits per heavy atom. The van der Waals surface area contributed by atoms with Gasteiger partial charge in [-0.3, -0.25) is 0 Å². The lowest BCUT2D eigenvalue weighted by atomic mass is 10.1. The van der Waals surface area contributed by atoms with Gasteiger partial charge in [-0.1, -0.05) is 0 Å². The van der Waals surface area contributed by atoms with Crippen LogP contribution >= 0.6 is 11.3 Å². The van der Waals surface area contributed by atoms with Gasteiger partial charge in [0.25, 0.3) is 0 Å². The van der Waals surface area contributed by atoms with Crippen molar-refractivity contribution >= 4 is 23.2 Å². The van der Waals surface area contributed by atoms with Gasteiger partial charge >= 0.3 is 6.09 Å². The van der Waals surface area contributed by atoms with Gasteiger partial charge in [0.05, 0.1) is 16.4 Å². The molecule has 1 amide bonds. The molecule has 2 aliphatic heterocycles. The second-order valence-corrected chi connectivity index (χ2v) is 9.48. The van der Waals surface area contributed by atoms with Crippen LogP contribution in [0.3, 0.4) is 0 Å². The van der Waals surface area contributed by atoms with Crippen molar-refractivity contribution < 1.29 is 23.4 Å². The number of anilines is 1. The minimum Gasteiger partial charge on any atom is -0.491 e. The Balaban J connectivity index is 1.36. The zero-order chi connectivity index (χ0) is 24.8. The first kappa shape index (κ1) is 22.4. The Morgan fingerprint density at radius 1 is 1.08 bits per heavy atom. The molecule has 6 rings (SSSR count). The standard InChI is InChI=1S/C24H20F2N6O3S/c25-15-1-2-17(16(26)12-15)32-23(27-13-28-32)19-11-14-5-10-35-18-3-4-20(29-21(18)22(14)36-19)30-6-8-31(9-7-30)24(33)34/h1-4,11-13H,5-10H2,(H,33,34). The van der Waals surface area contributed by atoms with Crippen LogP contribution < -0.4 is 9.64 Å². The second-order valence-electron chi connectivity index (χ2n) is 8.43. The molecule has 36 heavy (non-hydrogen) atoms. The first-order valence-electron chi connectivity index (χ1n) is 11.3. The molecule has 1 N–H and O–H groups in total. The summed E-state index contributed by atoms with van der Waals surface area (Å²) in [4.78, 5) is 25.7. The number of hydrogen-bond donors (Lipinski definition) is 1. The molecule has 0 bridgehead atoms. The van der Waals surface area contributed by atoms with Crippen LogP contribution in [0.25, 0.3) is 27.0 Å². The predicted molar refractivity (Wildman–Crippen MR) is 129 cm³/mol. The summed E-state index contributed by atoms with van der Waals surface area (Å²) in [6, 6.07) is 9.11. The van der Waals surface area contributed by atoms with E-state index in [1.165, 1.54) is 39.4 Å². The van der Waals surface area contributed by atoms with Gasteiger partial charge in [-0.05, 0) is 35.9 Å². The number of rotatable bonds is 3. The molecule has 9 nitrogen and oxygen atoms in total. The topological polar surface area (TPSA) is 96.6 Å². The third-order valence-corrected chi connectivity index (χ3v) is 7.46. The number of piperazine rings is 1. The van der Waals surface area contributed by atoms with Crippen molar-refractivity contribution in [2.24, 2.45) is 0 Å². The number of ether oxygens (including phenoxy) is 1. The molecule has 0 aliphatic carbocycles. The van der Waals surface area contributed by atoms with Crippen LogP contribution in [-0.2, 0) is 6.42 Å². The average molecular weight is 511 g/mol.